The fourth-order valence-corrected chi connectivity index (χ4v) is 1.16. The van der Waals surface area contributed by atoms with E-state index in [0.717, 1.165) is 0 Å². The van der Waals surface area contributed by atoms with Gasteiger partial charge >= 0.3 is 0 Å². The molecule has 0 aliphatic carbocycles. The minimum atomic E-state index is -0.534. The summed E-state index contributed by atoms with van der Waals surface area (Å²) in [5.74, 6) is 0. The lowest BCUT2D eigenvalue weighted by molar-refractivity contribution is 1.69. The Labute approximate surface area is 59.1 Å². The van der Waals surface area contributed by atoms with E-state index in [9.17, 15) is 0 Å². The molecule has 0 aromatic carbocycles. The van der Waals surface area contributed by atoms with Crippen LogP contribution in [0.5, 0.6) is 0 Å². The molecule has 0 aliphatic heterocycles. The third-order valence-corrected chi connectivity index (χ3v) is 2.03. The van der Waals surface area contributed by atoms with Crippen LogP contribution in [0.15, 0.2) is 12.7 Å². The molecule has 0 radical (unpaired) electrons. The van der Waals surface area contributed by atoms with Crippen LogP contribution in [-0.2, 0) is 0 Å². The van der Waals surface area contributed by atoms with Crippen molar-refractivity contribution in [1.82, 2.24) is 0 Å². The van der Waals surface area contributed by atoms with Gasteiger partial charge in [0.25, 0.3) is 0 Å². The Morgan fingerprint density at radius 1 is 1.38 bits per heavy atom. The minimum absolute atomic E-state index is 0. The van der Waals surface area contributed by atoms with E-state index < -0.39 is 7.26 Å². The van der Waals surface area contributed by atoms with E-state index in [1.165, 1.54) is 6.16 Å². The highest BCUT2D eigenvalue weighted by atomic mass is 35.5. The number of allylic oxidation sites excluding steroid dienone is 1. The molecule has 0 spiro atoms. The van der Waals surface area contributed by atoms with Crippen LogP contribution in [0.2, 0.25) is 0 Å². The lowest BCUT2D eigenvalue weighted by atomic mass is 10.8. The van der Waals surface area contributed by atoms with Crippen molar-refractivity contribution < 1.29 is 0 Å². The molecule has 0 fully saturated rings. The van der Waals surface area contributed by atoms with Gasteiger partial charge in [0.05, 0.1) is 6.16 Å². The van der Waals surface area contributed by atoms with Crippen molar-refractivity contribution in [3.05, 3.63) is 12.7 Å². The molecule has 0 aromatic heterocycles. The van der Waals surface area contributed by atoms with Crippen LogP contribution >= 0.6 is 19.7 Å². The standard InChI is InChI=1S/C6H14P.ClH/c1-5-6-7(2,3)4;/h5H,1,6H2,2-4H3;1H/q+1;. The number of halogens is 1. The quantitative estimate of drug-likeness (QED) is 0.423. The zero-order valence-electron chi connectivity index (χ0n) is 5.85. The van der Waals surface area contributed by atoms with Gasteiger partial charge in [0.1, 0.15) is 0 Å². The lowest BCUT2D eigenvalue weighted by Crippen LogP contribution is -1.86. The molecule has 0 bridgehead atoms. The smallest absolute Gasteiger partial charge is 0.0762 e. The largest absolute Gasteiger partial charge is 0.147 e. The molecule has 0 rings (SSSR count). The zero-order valence-corrected chi connectivity index (χ0v) is 7.56. The number of hydrogen-bond donors (Lipinski definition) is 0. The summed E-state index contributed by atoms with van der Waals surface area (Å²) in [6.07, 6.45) is 3.22. The number of rotatable bonds is 2. The van der Waals surface area contributed by atoms with Gasteiger partial charge in [-0.25, -0.2) is 0 Å². The van der Waals surface area contributed by atoms with Crippen LogP contribution in [0.1, 0.15) is 0 Å². The average molecular weight is 154 g/mol. The van der Waals surface area contributed by atoms with Gasteiger partial charge in [0.15, 0.2) is 0 Å². The molecule has 0 amide bonds. The maximum absolute atomic E-state index is 3.67. The molecule has 0 heterocycles. The maximum atomic E-state index is 3.67. The van der Waals surface area contributed by atoms with Crippen LogP contribution < -0.4 is 0 Å². The van der Waals surface area contributed by atoms with Gasteiger partial charge in [-0.05, 0) is 0 Å². The Morgan fingerprint density at radius 3 is 1.75 bits per heavy atom. The highest BCUT2D eigenvalue weighted by molar-refractivity contribution is 7.73. The highest BCUT2D eigenvalue weighted by Gasteiger charge is 2.12. The first-order valence-electron chi connectivity index (χ1n) is 2.47. The van der Waals surface area contributed by atoms with Crippen LogP contribution in [0.3, 0.4) is 0 Å². The van der Waals surface area contributed by atoms with E-state index in [1.54, 1.807) is 0 Å². The Bertz CT molecular complexity index is 63.4. The molecule has 0 aliphatic rings. The van der Waals surface area contributed by atoms with Crippen molar-refractivity contribution in [1.29, 1.82) is 0 Å². The van der Waals surface area contributed by atoms with Gasteiger partial charge in [0, 0.05) is 27.3 Å². The van der Waals surface area contributed by atoms with Crippen molar-refractivity contribution in [2.75, 3.05) is 26.2 Å². The molecule has 0 unspecified atom stereocenters. The Balaban J connectivity index is 0. The van der Waals surface area contributed by atoms with Gasteiger partial charge in [-0.2, -0.15) is 0 Å². The first kappa shape index (κ1) is 11.3. The Kier molecular flexibility index (Phi) is 6.13. The highest BCUT2D eigenvalue weighted by Crippen LogP contribution is 2.45. The normalized spacial score (nSPS) is 9.88. The van der Waals surface area contributed by atoms with E-state index in [-0.39, 0.29) is 12.4 Å². The van der Waals surface area contributed by atoms with Gasteiger partial charge < -0.3 is 0 Å². The predicted octanol–water partition coefficient (Wildman–Crippen LogP) is 2.50. The summed E-state index contributed by atoms with van der Waals surface area (Å²) < 4.78 is 0. The molecule has 0 nitrogen and oxygen atoms in total. The van der Waals surface area contributed by atoms with E-state index in [2.05, 4.69) is 26.6 Å². The van der Waals surface area contributed by atoms with E-state index >= 15 is 0 Å². The predicted molar refractivity (Wildman–Crippen MR) is 47.0 cm³/mol. The molecule has 2 heteroatoms. The van der Waals surface area contributed by atoms with E-state index in [1.807, 2.05) is 6.08 Å². The second kappa shape index (κ2) is 4.35. The van der Waals surface area contributed by atoms with Crippen LogP contribution in [0.25, 0.3) is 0 Å². The summed E-state index contributed by atoms with van der Waals surface area (Å²) in [6, 6.07) is 0. The maximum Gasteiger partial charge on any atom is 0.0762 e. The van der Waals surface area contributed by atoms with Crippen molar-refractivity contribution in [2.24, 2.45) is 0 Å². The third kappa shape index (κ3) is 9.68. The van der Waals surface area contributed by atoms with Gasteiger partial charge in [-0.1, -0.05) is 12.7 Å². The fourth-order valence-electron chi connectivity index (χ4n) is 0.387. The molecule has 0 N–H and O–H groups in total. The van der Waals surface area contributed by atoms with Crippen molar-refractivity contribution in [3.8, 4) is 0 Å². The molecular formula is C6H15ClP+. The van der Waals surface area contributed by atoms with Gasteiger partial charge in [0.2, 0.25) is 0 Å². The van der Waals surface area contributed by atoms with E-state index in [4.69, 9.17) is 0 Å². The zero-order chi connectivity index (χ0) is 5.91. The van der Waals surface area contributed by atoms with Crippen LogP contribution in [0.4, 0.5) is 0 Å². The first-order valence-corrected chi connectivity index (χ1v) is 5.79. The summed E-state index contributed by atoms with van der Waals surface area (Å²) in [5, 5.41) is 0. The SMILES string of the molecule is C=CC[P+](C)(C)C.Cl. The third-order valence-electron chi connectivity index (χ3n) is 0.677. The summed E-state index contributed by atoms with van der Waals surface area (Å²) in [6.45, 7) is 10.6. The monoisotopic (exact) mass is 153 g/mol. The Morgan fingerprint density at radius 2 is 1.75 bits per heavy atom. The number of hydrogen-bond acceptors (Lipinski definition) is 0. The molecular weight excluding hydrogens is 138 g/mol. The molecule has 0 saturated carbocycles. The molecule has 50 valence electrons. The van der Waals surface area contributed by atoms with Crippen LogP contribution in [-0.4, -0.2) is 26.2 Å². The Hall–Kier alpha value is 0.460. The summed E-state index contributed by atoms with van der Waals surface area (Å²) in [5.41, 5.74) is 0. The second-order valence-corrected chi connectivity index (χ2v) is 7.71. The second-order valence-electron chi connectivity index (χ2n) is 2.76. The topological polar surface area (TPSA) is 0 Å². The van der Waals surface area contributed by atoms with Crippen molar-refractivity contribution in [3.63, 3.8) is 0 Å². The molecule has 0 atom stereocenters. The van der Waals surface area contributed by atoms with Crippen molar-refractivity contribution in [2.45, 2.75) is 0 Å². The summed E-state index contributed by atoms with van der Waals surface area (Å²) in [4.78, 5) is 0. The van der Waals surface area contributed by atoms with Crippen molar-refractivity contribution >= 4 is 19.7 Å². The summed E-state index contributed by atoms with van der Waals surface area (Å²) in [7, 11) is -0.534. The molecule has 8 heavy (non-hydrogen) atoms. The average Bonchev–Trinajstić information content (AvgIpc) is 1.30. The van der Waals surface area contributed by atoms with Gasteiger partial charge in [-0.15, -0.1) is 12.4 Å². The minimum Gasteiger partial charge on any atom is -0.147 e. The lowest BCUT2D eigenvalue weighted by Gasteiger charge is -2.06. The van der Waals surface area contributed by atoms with E-state index in [0.29, 0.717) is 0 Å². The van der Waals surface area contributed by atoms with Gasteiger partial charge in [-0.3, -0.25) is 0 Å². The summed E-state index contributed by atoms with van der Waals surface area (Å²) >= 11 is 0. The first-order chi connectivity index (χ1) is 3.06. The fraction of sp³-hybridized carbons (Fsp3) is 0.667. The molecule has 0 aromatic rings. The van der Waals surface area contributed by atoms with Crippen LogP contribution in [0, 0.1) is 0 Å². The molecule has 0 saturated heterocycles.